The van der Waals surface area contributed by atoms with E-state index in [1.54, 1.807) is 42.5 Å². The molecular formula is C21H15BrN3O6S3-. The van der Waals surface area contributed by atoms with Crippen molar-refractivity contribution >= 4 is 89.0 Å². The topological polar surface area (TPSA) is 127 Å². The molecule has 2 aromatic carbocycles. The number of anilines is 2. The lowest BCUT2D eigenvalue weighted by Crippen LogP contribution is -2.36. The number of carbonyl (C=O) groups is 3. The highest BCUT2D eigenvalue weighted by atomic mass is 79.9. The molecule has 1 N–H and O–H groups in total. The van der Waals surface area contributed by atoms with Gasteiger partial charge >= 0.3 is 0 Å². The Bertz CT molecular complexity index is 1380. The molecule has 13 heteroatoms. The highest BCUT2D eigenvalue weighted by Crippen LogP contribution is 2.44. The molecule has 0 unspecified atom stereocenters. The predicted molar refractivity (Wildman–Crippen MR) is 135 cm³/mol. The SMILES string of the molecule is O=C(CN1C(=O)/C(=C2/SC(=S)N(CCS(=O)(=O)[O-])C2=O)c2ccccc21)Nc1cccc(Br)c1. The van der Waals surface area contributed by atoms with E-state index in [1.165, 1.54) is 4.90 Å². The lowest BCUT2D eigenvalue weighted by atomic mass is 10.1. The quantitative estimate of drug-likeness (QED) is 0.314. The van der Waals surface area contributed by atoms with Gasteiger partial charge in [0.25, 0.3) is 11.8 Å². The van der Waals surface area contributed by atoms with E-state index in [0.29, 0.717) is 16.9 Å². The van der Waals surface area contributed by atoms with Gasteiger partial charge in [-0.15, -0.1) is 0 Å². The fraction of sp³-hybridized carbons (Fsp3) is 0.143. The van der Waals surface area contributed by atoms with Gasteiger partial charge in [0.2, 0.25) is 5.91 Å². The molecule has 0 radical (unpaired) electrons. The van der Waals surface area contributed by atoms with Crippen molar-refractivity contribution in [1.29, 1.82) is 0 Å². The van der Waals surface area contributed by atoms with Crippen LogP contribution in [0.3, 0.4) is 0 Å². The summed E-state index contributed by atoms with van der Waals surface area (Å²) in [4.78, 5) is 41.3. The van der Waals surface area contributed by atoms with Crippen LogP contribution in [0.15, 0.2) is 57.9 Å². The number of rotatable bonds is 6. The van der Waals surface area contributed by atoms with Crippen molar-refractivity contribution in [3.8, 4) is 0 Å². The highest BCUT2D eigenvalue weighted by molar-refractivity contribution is 9.10. The summed E-state index contributed by atoms with van der Waals surface area (Å²) in [7, 11) is -4.56. The summed E-state index contributed by atoms with van der Waals surface area (Å²) in [6.45, 7) is -0.692. The number of hydrogen-bond acceptors (Lipinski definition) is 8. The number of nitrogens with zero attached hydrogens (tertiary/aromatic N) is 2. The van der Waals surface area contributed by atoms with Crippen LogP contribution in [0.1, 0.15) is 5.56 Å². The molecule has 0 aromatic heterocycles. The van der Waals surface area contributed by atoms with Crippen LogP contribution in [0.4, 0.5) is 11.4 Å². The summed E-state index contributed by atoms with van der Waals surface area (Å²) in [5.74, 6) is -2.44. The van der Waals surface area contributed by atoms with Gasteiger partial charge in [-0.1, -0.05) is 64.2 Å². The zero-order valence-corrected chi connectivity index (χ0v) is 21.2. The van der Waals surface area contributed by atoms with Crippen molar-refractivity contribution in [2.24, 2.45) is 0 Å². The molecule has 1 fully saturated rings. The summed E-state index contributed by atoms with van der Waals surface area (Å²) >= 11 is 9.37. The van der Waals surface area contributed by atoms with Crippen molar-refractivity contribution in [3.05, 3.63) is 63.5 Å². The summed E-state index contributed by atoms with van der Waals surface area (Å²) < 4.78 is 33.8. The number of thiocarbonyl (C=S) groups is 1. The molecule has 1 saturated heterocycles. The van der Waals surface area contributed by atoms with Gasteiger partial charge in [0.05, 0.1) is 32.0 Å². The molecule has 2 aliphatic heterocycles. The third kappa shape index (κ3) is 5.08. The fourth-order valence-corrected chi connectivity index (χ4v) is 5.70. The van der Waals surface area contributed by atoms with Gasteiger partial charge in [0, 0.05) is 22.3 Å². The zero-order chi connectivity index (χ0) is 24.6. The molecule has 0 aliphatic carbocycles. The van der Waals surface area contributed by atoms with Crippen molar-refractivity contribution in [3.63, 3.8) is 0 Å². The summed E-state index contributed by atoms with van der Waals surface area (Å²) in [5, 5.41) is 2.73. The van der Waals surface area contributed by atoms with Gasteiger partial charge in [-0.2, -0.15) is 0 Å². The molecule has 3 amide bonds. The Kier molecular flexibility index (Phi) is 6.92. The second-order valence-electron chi connectivity index (χ2n) is 7.26. The van der Waals surface area contributed by atoms with Gasteiger partial charge in [0.1, 0.15) is 10.9 Å². The van der Waals surface area contributed by atoms with Crippen LogP contribution in [0.2, 0.25) is 0 Å². The molecular weight excluding hydrogens is 566 g/mol. The first-order valence-corrected chi connectivity index (χ1v) is 13.3. The molecule has 2 aliphatic rings. The first-order valence-electron chi connectivity index (χ1n) is 9.73. The van der Waals surface area contributed by atoms with E-state index in [-0.39, 0.29) is 21.3 Å². The van der Waals surface area contributed by atoms with Crippen molar-refractivity contribution in [1.82, 2.24) is 4.90 Å². The summed E-state index contributed by atoms with van der Waals surface area (Å²) in [6, 6.07) is 13.7. The third-order valence-electron chi connectivity index (χ3n) is 4.97. The van der Waals surface area contributed by atoms with E-state index in [0.717, 1.165) is 21.1 Å². The molecule has 9 nitrogen and oxygen atoms in total. The van der Waals surface area contributed by atoms with Crippen LogP contribution in [-0.2, 0) is 24.5 Å². The molecule has 34 heavy (non-hydrogen) atoms. The van der Waals surface area contributed by atoms with Crippen LogP contribution in [-0.4, -0.2) is 58.8 Å². The lowest BCUT2D eigenvalue weighted by Gasteiger charge is -2.17. The minimum absolute atomic E-state index is 0.0284. The van der Waals surface area contributed by atoms with Crippen LogP contribution < -0.4 is 10.2 Å². The van der Waals surface area contributed by atoms with E-state index in [9.17, 15) is 27.4 Å². The number of amides is 3. The average molecular weight is 581 g/mol. The predicted octanol–water partition coefficient (Wildman–Crippen LogP) is 2.55. The second-order valence-corrected chi connectivity index (χ2v) is 11.3. The first kappa shape index (κ1) is 24.5. The Balaban J connectivity index is 1.62. The van der Waals surface area contributed by atoms with Crippen LogP contribution in [0, 0.1) is 0 Å². The number of benzene rings is 2. The van der Waals surface area contributed by atoms with Crippen molar-refractivity contribution in [2.45, 2.75) is 0 Å². The first-order chi connectivity index (χ1) is 16.0. The number of nitrogens with one attached hydrogen (secondary N) is 1. The monoisotopic (exact) mass is 580 g/mol. The van der Waals surface area contributed by atoms with Crippen LogP contribution in [0.25, 0.3) is 5.57 Å². The second kappa shape index (κ2) is 9.58. The Labute approximate surface area is 213 Å². The van der Waals surface area contributed by atoms with Gasteiger partial charge in [0.15, 0.2) is 0 Å². The zero-order valence-electron chi connectivity index (χ0n) is 17.2. The number of carbonyl (C=O) groups excluding carboxylic acids is 3. The van der Waals surface area contributed by atoms with Gasteiger partial charge in [-0.25, -0.2) is 8.42 Å². The van der Waals surface area contributed by atoms with Crippen molar-refractivity contribution < 1.29 is 27.4 Å². The number of para-hydroxylation sites is 1. The smallest absolute Gasteiger partial charge is 0.267 e. The minimum atomic E-state index is -4.56. The third-order valence-corrected chi connectivity index (χ3v) is 7.60. The average Bonchev–Trinajstić information content (AvgIpc) is 3.18. The molecule has 4 rings (SSSR count). The molecule has 0 bridgehead atoms. The van der Waals surface area contributed by atoms with Gasteiger partial charge in [-0.3, -0.25) is 24.2 Å². The lowest BCUT2D eigenvalue weighted by molar-refractivity contribution is -0.122. The Morgan fingerprint density at radius 3 is 2.53 bits per heavy atom. The van der Waals surface area contributed by atoms with Crippen LogP contribution in [0.5, 0.6) is 0 Å². The molecule has 0 spiro atoms. The van der Waals surface area contributed by atoms with Crippen LogP contribution >= 0.6 is 39.9 Å². The van der Waals surface area contributed by atoms with E-state index < -0.39 is 40.1 Å². The maximum absolute atomic E-state index is 13.4. The van der Waals surface area contributed by atoms with Gasteiger partial charge in [-0.05, 0) is 24.3 Å². The van der Waals surface area contributed by atoms with Crippen molar-refractivity contribution in [2.75, 3.05) is 29.1 Å². The molecule has 0 saturated carbocycles. The molecule has 2 aromatic rings. The van der Waals surface area contributed by atoms with Gasteiger partial charge < -0.3 is 9.87 Å². The molecule has 176 valence electrons. The maximum Gasteiger partial charge on any atom is 0.267 e. The number of fused-ring (bicyclic) bond motifs is 1. The molecule has 0 atom stereocenters. The standard InChI is InChI=1S/C21H16BrN3O6S3/c22-12-4-3-5-13(10-12)23-16(26)11-25-15-7-2-1-6-14(15)17(19(25)27)18-20(28)24(21(32)33-18)8-9-34(29,30)31/h1-7,10H,8-9,11H2,(H,23,26)(H,29,30,31)/p-1/b18-17+. The Hall–Kier alpha value is -2.58. The van der Waals surface area contributed by atoms with E-state index >= 15 is 0 Å². The summed E-state index contributed by atoms with van der Waals surface area (Å²) in [5.41, 5.74) is 1.54. The maximum atomic E-state index is 13.4. The normalized spacial score (nSPS) is 18.0. The van der Waals surface area contributed by atoms with E-state index in [1.807, 2.05) is 6.07 Å². The Morgan fingerprint density at radius 2 is 1.82 bits per heavy atom. The Morgan fingerprint density at radius 1 is 1.09 bits per heavy atom. The minimum Gasteiger partial charge on any atom is -0.748 e. The fourth-order valence-electron chi connectivity index (χ4n) is 3.51. The number of halogens is 1. The number of thioether (sulfide) groups is 1. The van der Waals surface area contributed by atoms with E-state index in [4.69, 9.17) is 12.2 Å². The highest BCUT2D eigenvalue weighted by Gasteiger charge is 2.42. The molecule has 2 heterocycles. The summed E-state index contributed by atoms with van der Waals surface area (Å²) in [6.07, 6.45) is 0. The van der Waals surface area contributed by atoms with E-state index in [2.05, 4.69) is 21.2 Å². The largest absolute Gasteiger partial charge is 0.748 e. The number of hydrogen-bond donors (Lipinski definition) is 1.